The summed E-state index contributed by atoms with van der Waals surface area (Å²) in [5.74, 6) is 0. The SMILES string of the molecule is CC(C)(C(N)CCc1ccsc1)N1CCCC1. The minimum absolute atomic E-state index is 0.145. The monoisotopic (exact) mass is 252 g/mol. The molecule has 2 N–H and O–H groups in total. The molecule has 0 spiro atoms. The molecule has 2 heterocycles. The lowest BCUT2D eigenvalue weighted by molar-refractivity contribution is 0.120. The fourth-order valence-corrected chi connectivity index (χ4v) is 3.34. The van der Waals surface area contributed by atoms with E-state index in [9.17, 15) is 0 Å². The number of likely N-dealkylation sites (tertiary alicyclic amines) is 1. The first-order valence-corrected chi connectivity index (χ1v) is 7.56. The van der Waals surface area contributed by atoms with E-state index in [2.05, 4.69) is 35.6 Å². The van der Waals surface area contributed by atoms with Crippen molar-refractivity contribution in [3.63, 3.8) is 0 Å². The molecule has 0 bridgehead atoms. The van der Waals surface area contributed by atoms with E-state index < -0.39 is 0 Å². The van der Waals surface area contributed by atoms with Crippen LogP contribution in [0.25, 0.3) is 0 Å². The Balaban J connectivity index is 1.87. The molecule has 1 fully saturated rings. The topological polar surface area (TPSA) is 29.3 Å². The predicted molar refractivity (Wildman–Crippen MR) is 75.5 cm³/mol. The maximum absolute atomic E-state index is 6.41. The molecule has 96 valence electrons. The number of rotatable bonds is 5. The Morgan fingerprint density at radius 2 is 2.12 bits per heavy atom. The molecule has 1 aliphatic rings. The van der Waals surface area contributed by atoms with Crippen molar-refractivity contribution in [1.29, 1.82) is 0 Å². The molecule has 0 aromatic carbocycles. The second kappa shape index (κ2) is 5.51. The Hall–Kier alpha value is -0.380. The van der Waals surface area contributed by atoms with Gasteiger partial charge in [0.2, 0.25) is 0 Å². The zero-order chi connectivity index (χ0) is 12.3. The molecule has 0 radical (unpaired) electrons. The molecular formula is C14H24N2S. The summed E-state index contributed by atoms with van der Waals surface area (Å²) >= 11 is 1.77. The van der Waals surface area contributed by atoms with Gasteiger partial charge in [-0.1, -0.05) is 0 Å². The minimum atomic E-state index is 0.145. The molecule has 17 heavy (non-hydrogen) atoms. The van der Waals surface area contributed by atoms with Gasteiger partial charge in [0.25, 0.3) is 0 Å². The van der Waals surface area contributed by atoms with Crippen LogP contribution in [0.2, 0.25) is 0 Å². The molecular weight excluding hydrogens is 228 g/mol. The number of nitrogens with zero attached hydrogens (tertiary/aromatic N) is 1. The highest BCUT2D eigenvalue weighted by Gasteiger charge is 2.34. The van der Waals surface area contributed by atoms with Crippen molar-refractivity contribution in [2.24, 2.45) is 5.73 Å². The van der Waals surface area contributed by atoms with Gasteiger partial charge in [-0.25, -0.2) is 0 Å². The van der Waals surface area contributed by atoms with Crippen LogP contribution in [0.1, 0.15) is 38.7 Å². The Bertz CT molecular complexity index is 326. The number of hydrogen-bond acceptors (Lipinski definition) is 3. The molecule has 1 unspecified atom stereocenters. The highest BCUT2D eigenvalue weighted by molar-refractivity contribution is 7.07. The maximum Gasteiger partial charge on any atom is 0.0304 e. The Morgan fingerprint density at radius 3 is 2.71 bits per heavy atom. The van der Waals surface area contributed by atoms with Gasteiger partial charge in [0.15, 0.2) is 0 Å². The van der Waals surface area contributed by atoms with E-state index in [-0.39, 0.29) is 11.6 Å². The molecule has 1 aromatic rings. The molecule has 3 heteroatoms. The number of aryl methyl sites for hydroxylation is 1. The average molecular weight is 252 g/mol. The van der Waals surface area contributed by atoms with Crippen molar-refractivity contribution in [3.8, 4) is 0 Å². The summed E-state index contributed by atoms with van der Waals surface area (Å²) in [7, 11) is 0. The average Bonchev–Trinajstić information content (AvgIpc) is 2.98. The molecule has 1 atom stereocenters. The van der Waals surface area contributed by atoms with E-state index in [0.29, 0.717) is 0 Å². The van der Waals surface area contributed by atoms with Crippen LogP contribution in [0.5, 0.6) is 0 Å². The molecule has 1 aliphatic heterocycles. The highest BCUT2D eigenvalue weighted by atomic mass is 32.1. The zero-order valence-corrected chi connectivity index (χ0v) is 11.8. The second-order valence-electron chi connectivity index (χ2n) is 5.62. The van der Waals surface area contributed by atoms with Gasteiger partial charge in [-0.05, 0) is 75.0 Å². The highest BCUT2D eigenvalue weighted by Crippen LogP contribution is 2.25. The first-order chi connectivity index (χ1) is 8.10. The van der Waals surface area contributed by atoms with Crippen LogP contribution < -0.4 is 5.73 Å². The molecule has 2 nitrogen and oxygen atoms in total. The van der Waals surface area contributed by atoms with Gasteiger partial charge in [0.05, 0.1) is 0 Å². The summed E-state index contributed by atoms with van der Waals surface area (Å²) in [6.45, 7) is 7.05. The molecule has 1 saturated heterocycles. The Kier molecular flexibility index (Phi) is 4.23. The largest absolute Gasteiger partial charge is 0.326 e. The van der Waals surface area contributed by atoms with E-state index in [1.807, 2.05) is 0 Å². The van der Waals surface area contributed by atoms with Crippen LogP contribution in [0.15, 0.2) is 16.8 Å². The molecule has 1 aromatic heterocycles. The van der Waals surface area contributed by atoms with Gasteiger partial charge in [0, 0.05) is 11.6 Å². The third-order valence-electron chi connectivity index (χ3n) is 4.15. The van der Waals surface area contributed by atoms with E-state index in [4.69, 9.17) is 5.73 Å². The summed E-state index contributed by atoms with van der Waals surface area (Å²) in [5, 5.41) is 4.38. The van der Waals surface area contributed by atoms with Crippen molar-refractivity contribution in [2.45, 2.75) is 51.1 Å². The summed E-state index contributed by atoms with van der Waals surface area (Å²) in [6.07, 6.45) is 4.86. The van der Waals surface area contributed by atoms with Gasteiger partial charge in [0.1, 0.15) is 0 Å². The molecule has 0 aliphatic carbocycles. The smallest absolute Gasteiger partial charge is 0.0304 e. The molecule has 0 amide bonds. The van der Waals surface area contributed by atoms with Gasteiger partial charge < -0.3 is 5.73 Å². The quantitative estimate of drug-likeness (QED) is 0.873. The lowest BCUT2D eigenvalue weighted by atomic mass is 9.89. The van der Waals surface area contributed by atoms with Crippen molar-refractivity contribution >= 4 is 11.3 Å². The van der Waals surface area contributed by atoms with Crippen molar-refractivity contribution < 1.29 is 0 Å². The van der Waals surface area contributed by atoms with Gasteiger partial charge in [-0.3, -0.25) is 4.90 Å². The minimum Gasteiger partial charge on any atom is -0.326 e. The second-order valence-corrected chi connectivity index (χ2v) is 6.40. The standard InChI is InChI=1S/C14H24N2S/c1-14(2,16-8-3-4-9-16)13(15)6-5-12-7-10-17-11-12/h7,10-11,13H,3-6,8-9,15H2,1-2H3. The van der Waals surface area contributed by atoms with Crippen molar-refractivity contribution in [3.05, 3.63) is 22.4 Å². The number of hydrogen-bond donors (Lipinski definition) is 1. The first-order valence-electron chi connectivity index (χ1n) is 6.62. The normalized spacial score (nSPS) is 19.7. The van der Waals surface area contributed by atoms with Gasteiger partial charge >= 0.3 is 0 Å². The summed E-state index contributed by atoms with van der Waals surface area (Å²) in [5.41, 5.74) is 7.99. The van der Waals surface area contributed by atoms with Crippen LogP contribution in [0.4, 0.5) is 0 Å². The number of thiophene rings is 1. The molecule has 0 saturated carbocycles. The lowest BCUT2D eigenvalue weighted by Crippen LogP contribution is -2.55. The van der Waals surface area contributed by atoms with Crippen molar-refractivity contribution in [2.75, 3.05) is 13.1 Å². The van der Waals surface area contributed by atoms with E-state index in [0.717, 1.165) is 12.8 Å². The van der Waals surface area contributed by atoms with Crippen LogP contribution in [-0.2, 0) is 6.42 Å². The van der Waals surface area contributed by atoms with E-state index in [1.165, 1.54) is 31.5 Å². The fraction of sp³-hybridized carbons (Fsp3) is 0.714. The summed E-state index contributed by atoms with van der Waals surface area (Å²) in [6, 6.07) is 2.47. The van der Waals surface area contributed by atoms with Gasteiger partial charge in [-0.15, -0.1) is 0 Å². The van der Waals surface area contributed by atoms with Crippen LogP contribution in [0, 0.1) is 0 Å². The summed E-state index contributed by atoms with van der Waals surface area (Å²) < 4.78 is 0. The van der Waals surface area contributed by atoms with Gasteiger partial charge in [-0.2, -0.15) is 11.3 Å². The van der Waals surface area contributed by atoms with E-state index in [1.54, 1.807) is 11.3 Å². The van der Waals surface area contributed by atoms with E-state index >= 15 is 0 Å². The molecule has 2 rings (SSSR count). The predicted octanol–water partition coefficient (Wildman–Crippen LogP) is 2.88. The fourth-order valence-electron chi connectivity index (χ4n) is 2.64. The lowest BCUT2D eigenvalue weighted by Gasteiger charge is -2.40. The summed E-state index contributed by atoms with van der Waals surface area (Å²) in [4.78, 5) is 2.56. The maximum atomic E-state index is 6.41. The third-order valence-corrected chi connectivity index (χ3v) is 4.88. The number of nitrogens with two attached hydrogens (primary N) is 1. The van der Waals surface area contributed by atoms with Crippen molar-refractivity contribution in [1.82, 2.24) is 4.90 Å². The van der Waals surface area contributed by atoms with Crippen LogP contribution in [0.3, 0.4) is 0 Å². The van der Waals surface area contributed by atoms with Crippen LogP contribution >= 0.6 is 11.3 Å². The first kappa shape index (κ1) is 13.1. The third kappa shape index (κ3) is 3.09. The Labute approximate surface area is 109 Å². The Morgan fingerprint density at radius 1 is 1.41 bits per heavy atom. The zero-order valence-electron chi connectivity index (χ0n) is 11.0. The van der Waals surface area contributed by atoms with Crippen LogP contribution in [-0.4, -0.2) is 29.6 Å².